The van der Waals surface area contributed by atoms with Gasteiger partial charge < -0.3 is 64.2 Å². The van der Waals surface area contributed by atoms with Crippen LogP contribution in [-0.4, -0.2) is 142 Å². The van der Waals surface area contributed by atoms with Gasteiger partial charge in [-0.1, -0.05) is 155 Å². The smallest absolute Gasteiger partial charge is 0.306 e. The third-order valence-electron chi connectivity index (χ3n) is 11.4. The van der Waals surface area contributed by atoms with Gasteiger partial charge in [0.05, 0.1) is 26.4 Å². The van der Waals surface area contributed by atoms with Crippen molar-refractivity contribution in [1.82, 2.24) is 0 Å². The van der Waals surface area contributed by atoms with E-state index in [4.69, 9.17) is 28.4 Å². The minimum atomic E-state index is -1.70. The lowest BCUT2D eigenvalue weighted by Gasteiger charge is -2.42. The number of carbonyl (C=O) groups excluding carboxylic acids is 1. The van der Waals surface area contributed by atoms with Gasteiger partial charge in [0.1, 0.15) is 54.9 Å². The Morgan fingerprint density at radius 1 is 0.500 bits per heavy atom. The van der Waals surface area contributed by atoms with Gasteiger partial charge >= 0.3 is 5.97 Å². The number of ether oxygens (including phenoxy) is 6. The number of hydrogen-bond acceptors (Lipinski definition) is 14. The normalized spacial score (nSPS) is 28.2. The third kappa shape index (κ3) is 22.2. The molecule has 0 aromatic heterocycles. The van der Waals surface area contributed by atoms with Crippen LogP contribution in [0.2, 0.25) is 0 Å². The zero-order valence-electron chi connectivity index (χ0n) is 36.1. The Labute approximate surface area is 349 Å². The van der Waals surface area contributed by atoms with Crippen molar-refractivity contribution in [2.24, 2.45) is 0 Å². The van der Waals surface area contributed by atoms with Crippen LogP contribution in [0.25, 0.3) is 0 Å². The number of hydrogen-bond donors (Lipinski definition) is 7. The molecule has 0 spiro atoms. The molecule has 2 heterocycles. The number of carbonyl (C=O) groups is 1. The molecule has 0 radical (unpaired) electrons. The molecule has 2 saturated heterocycles. The van der Waals surface area contributed by atoms with Crippen molar-refractivity contribution < 1.29 is 69.0 Å². The summed E-state index contributed by atoms with van der Waals surface area (Å²) in [6, 6.07) is 0. The molecule has 7 N–H and O–H groups in total. The number of unbranched alkanes of at least 4 members (excludes halogenated alkanes) is 22. The van der Waals surface area contributed by atoms with Gasteiger partial charge in [0.2, 0.25) is 0 Å². The van der Waals surface area contributed by atoms with E-state index in [1.165, 1.54) is 109 Å². The summed E-state index contributed by atoms with van der Waals surface area (Å²) in [5.41, 5.74) is 0. The highest BCUT2D eigenvalue weighted by Gasteiger charge is 2.47. The Balaban J connectivity index is 1.79. The van der Waals surface area contributed by atoms with Crippen LogP contribution in [0.5, 0.6) is 0 Å². The largest absolute Gasteiger partial charge is 0.457 e. The van der Waals surface area contributed by atoms with Crippen molar-refractivity contribution in [2.45, 2.75) is 242 Å². The molecule has 0 amide bonds. The molecule has 14 nitrogen and oxygen atoms in total. The summed E-state index contributed by atoms with van der Waals surface area (Å²) >= 11 is 0. The number of aliphatic hydroxyl groups excluding tert-OH is 7. The standard InChI is InChI=1S/C44H84O14/c1-3-5-7-9-11-13-14-15-16-17-18-19-21-23-25-27-36(46)56-33(30-53-28-26-24-22-20-12-10-8-6-4-2)31-54-43-42(52)40(50)38(48)35(58-43)32-55-44-41(51)39(49)37(47)34(29-45)57-44/h33-35,37-45,47-52H,3-32H2,1-2H3. The lowest BCUT2D eigenvalue weighted by Crippen LogP contribution is -2.61. The molecule has 14 heteroatoms. The fourth-order valence-corrected chi connectivity index (χ4v) is 7.52. The molecule has 0 bridgehead atoms. The molecule has 2 rings (SSSR count). The van der Waals surface area contributed by atoms with Crippen LogP contribution < -0.4 is 0 Å². The zero-order chi connectivity index (χ0) is 42.4. The molecule has 2 aliphatic heterocycles. The Hall–Kier alpha value is -1.01. The maximum Gasteiger partial charge on any atom is 0.306 e. The van der Waals surface area contributed by atoms with Crippen LogP contribution in [0, 0.1) is 0 Å². The van der Waals surface area contributed by atoms with Crippen molar-refractivity contribution in [1.29, 1.82) is 0 Å². The molecule has 0 aromatic carbocycles. The molecular formula is C44H84O14. The molecule has 2 aliphatic rings. The van der Waals surface area contributed by atoms with Crippen molar-refractivity contribution in [3.8, 4) is 0 Å². The first-order valence-electron chi connectivity index (χ1n) is 23.1. The summed E-state index contributed by atoms with van der Waals surface area (Å²) in [6.07, 6.45) is 13.2. The van der Waals surface area contributed by atoms with Gasteiger partial charge in [-0.25, -0.2) is 0 Å². The second-order valence-electron chi connectivity index (χ2n) is 16.6. The van der Waals surface area contributed by atoms with Crippen LogP contribution in [0.4, 0.5) is 0 Å². The molecule has 344 valence electrons. The molecule has 11 atom stereocenters. The molecule has 0 aliphatic carbocycles. The van der Waals surface area contributed by atoms with Crippen LogP contribution in [-0.2, 0) is 33.2 Å². The van der Waals surface area contributed by atoms with Gasteiger partial charge in [-0.2, -0.15) is 0 Å². The van der Waals surface area contributed by atoms with E-state index >= 15 is 0 Å². The Morgan fingerprint density at radius 2 is 0.914 bits per heavy atom. The second kappa shape index (κ2) is 33.6. The summed E-state index contributed by atoms with van der Waals surface area (Å²) in [5, 5.41) is 71.8. The maximum absolute atomic E-state index is 12.9. The van der Waals surface area contributed by atoms with E-state index in [-0.39, 0.29) is 25.6 Å². The first-order chi connectivity index (χ1) is 28.1. The van der Waals surface area contributed by atoms with Gasteiger partial charge in [-0.3, -0.25) is 4.79 Å². The van der Waals surface area contributed by atoms with Crippen LogP contribution >= 0.6 is 0 Å². The fourth-order valence-electron chi connectivity index (χ4n) is 7.52. The highest BCUT2D eigenvalue weighted by atomic mass is 16.7. The highest BCUT2D eigenvalue weighted by Crippen LogP contribution is 2.26. The van der Waals surface area contributed by atoms with E-state index in [0.29, 0.717) is 13.0 Å². The molecule has 0 aromatic rings. The molecular weight excluding hydrogens is 752 g/mol. The van der Waals surface area contributed by atoms with Gasteiger partial charge in [0, 0.05) is 13.0 Å². The number of rotatable bonds is 36. The predicted octanol–water partition coefficient (Wildman–Crippen LogP) is 5.35. The van der Waals surface area contributed by atoms with Crippen molar-refractivity contribution in [2.75, 3.05) is 33.0 Å². The summed E-state index contributed by atoms with van der Waals surface area (Å²) in [6.45, 7) is 3.68. The van der Waals surface area contributed by atoms with E-state index in [2.05, 4.69) is 13.8 Å². The number of aliphatic hydroxyl groups is 7. The monoisotopic (exact) mass is 837 g/mol. The zero-order valence-corrected chi connectivity index (χ0v) is 36.1. The van der Waals surface area contributed by atoms with Gasteiger partial charge in [-0.15, -0.1) is 0 Å². The third-order valence-corrected chi connectivity index (χ3v) is 11.4. The average Bonchev–Trinajstić information content (AvgIpc) is 3.22. The summed E-state index contributed by atoms with van der Waals surface area (Å²) in [5.74, 6) is -0.374. The minimum absolute atomic E-state index is 0.0687. The van der Waals surface area contributed by atoms with E-state index in [0.717, 1.165) is 38.5 Å². The number of esters is 1. The van der Waals surface area contributed by atoms with Gasteiger partial charge in [0.15, 0.2) is 12.6 Å². The van der Waals surface area contributed by atoms with Crippen LogP contribution in [0.3, 0.4) is 0 Å². The topological polar surface area (TPSA) is 214 Å². The summed E-state index contributed by atoms with van der Waals surface area (Å²) in [7, 11) is 0. The highest BCUT2D eigenvalue weighted by molar-refractivity contribution is 5.69. The van der Waals surface area contributed by atoms with Gasteiger partial charge in [-0.05, 0) is 12.8 Å². The molecule has 2 fully saturated rings. The van der Waals surface area contributed by atoms with Crippen LogP contribution in [0.1, 0.15) is 174 Å². The first-order valence-corrected chi connectivity index (χ1v) is 23.1. The van der Waals surface area contributed by atoms with E-state index < -0.39 is 80.7 Å². The quantitative estimate of drug-likeness (QED) is 0.0313. The Morgan fingerprint density at radius 3 is 1.40 bits per heavy atom. The van der Waals surface area contributed by atoms with Crippen molar-refractivity contribution in [3.05, 3.63) is 0 Å². The van der Waals surface area contributed by atoms with Crippen LogP contribution in [0.15, 0.2) is 0 Å². The van der Waals surface area contributed by atoms with Crippen molar-refractivity contribution >= 4 is 5.97 Å². The van der Waals surface area contributed by atoms with E-state index in [1.807, 2.05) is 0 Å². The SMILES string of the molecule is CCCCCCCCCCCCCCCCCC(=O)OC(COCCCCCCCCCCC)COC1OC(COC2OC(CO)C(O)C(O)C2O)C(O)C(O)C1O. The molecule has 11 unspecified atom stereocenters. The fraction of sp³-hybridized carbons (Fsp3) is 0.977. The molecule has 0 saturated carbocycles. The van der Waals surface area contributed by atoms with Crippen molar-refractivity contribution in [3.63, 3.8) is 0 Å². The Kier molecular flexibility index (Phi) is 30.8. The Bertz CT molecular complexity index is 975. The lowest BCUT2D eigenvalue weighted by atomic mass is 9.98. The average molecular weight is 837 g/mol. The van der Waals surface area contributed by atoms with Gasteiger partial charge in [0.25, 0.3) is 0 Å². The predicted molar refractivity (Wildman–Crippen MR) is 220 cm³/mol. The van der Waals surface area contributed by atoms with E-state index in [9.17, 15) is 40.5 Å². The first kappa shape index (κ1) is 53.1. The summed E-state index contributed by atoms with van der Waals surface area (Å²) < 4.78 is 34.1. The van der Waals surface area contributed by atoms with E-state index in [1.54, 1.807) is 0 Å². The summed E-state index contributed by atoms with van der Waals surface area (Å²) in [4.78, 5) is 12.9. The minimum Gasteiger partial charge on any atom is -0.457 e. The lowest BCUT2D eigenvalue weighted by molar-refractivity contribution is -0.332. The second-order valence-corrected chi connectivity index (χ2v) is 16.6. The molecule has 58 heavy (non-hydrogen) atoms. The maximum atomic E-state index is 12.9.